The Hall–Kier alpha value is -1.73. The van der Waals surface area contributed by atoms with Gasteiger partial charge in [0.2, 0.25) is 0 Å². The van der Waals surface area contributed by atoms with Gasteiger partial charge in [0.05, 0.1) is 11.5 Å². The summed E-state index contributed by atoms with van der Waals surface area (Å²) in [6, 6.07) is 3.04. The van der Waals surface area contributed by atoms with Crippen molar-refractivity contribution in [1.82, 2.24) is 9.88 Å². The lowest BCUT2D eigenvalue weighted by Crippen LogP contribution is -2.28. The first-order valence-electron chi connectivity index (χ1n) is 5.65. The van der Waals surface area contributed by atoms with E-state index in [1.54, 1.807) is 13.2 Å². The number of nitrogens with one attached hydrogen (secondary N) is 1. The van der Waals surface area contributed by atoms with Crippen molar-refractivity contribution in [1.29, 1.82) is 0 Å². The minimum atomic E-state index is -0.463. The van der Waals surface area contributed by atoms with Gasteiger partial charge in [-0.05, 0) is 13.1 Å². The summed E-state index contributed by atoms with van der Waals surface area (Å²) in [4.78, 5) is 16.1. The van der Waals surface area contributed by atoms with Gasteiger partial charge in [-0.2, -0.15) is 0 Å². The molecule has 1 aromatic rings. The van der Waals surface area contributed by atoms with Gasteiger partial charge in [-0.3, -0.25) is 10.1 Å². The molecule has 0 unspecified atom stereocenters. The molecule has 0 bridgehead atoms. The van der Waals surface area contributed by atoms with Crippen molar-refractivity contribution >= 4 is 11.5 Å². The molecule has 0 amide bonds. The zero-order valence-electron chi connectivity index (χ0n) is 10.6. The van der Waals surface area contributed by atoms with Crippen LogP contribution < -0.4 is 5.32 Å². The zero-order chi connectivity index (χ0) is 13.4. The molecule has 100 valence electrons. The van der Waals surface area contributed by atoms with E-state index in [4.69, 9.17) is 4.74 Å². The van der Waals surface area contributed by atoms with Crippen molar-refractivity contribution in [2.75, 3.05) is 45.7 Å². The monoisotopic (exact) mass is 254 g/mol. The number of pyridine rings is 1. The quantitative estimate of drug-likeness (QED) is 0.550. The molecule has 1 N–H and O–H groups in total. The van der Waals surface area contributed by atoms with Crippen LogP contribution in [-0.2, 0) is 4.74 Å². The van der Waals surface area contributed by atoms with Crippen LogP contribution in [0.2, 0.25) is 0 Å². The van der Waals surface area contributed by atoms with Crippen LogP contribution in [-0.4, -0.2) is 55.2 Å². The largest absolute Gasteiger partial charge is 0.383 e. The molecule has 0 fully saturated rings. The molecule has 0 aliphatic heterocycles. The second-order valence-electron chi connectivity index (χ2n) is 3.88. The molecular formula is C11H18N4O3. The van der Waals surface area contributed by atoms with Crippen LogP contribution in [0.3, 0.4) is 0 Å². The van der Waals surface area contributed by atoms with Gasteiger partial charge in [0.25, 0.3) is 5.69 Å². The first-order chi connectivity index (χ1) is 8.63. The third kappa shape index (κ3) is 5.07. The first kappa shape index (κ1) is 14.3. The molecule has 1 aromatic heterocycles. The number of methoxy groups -OCH3 is 1. The van der Waals surface area contributed by atoms with Gasteiger partial charge in [-0.1, -0.05) is 0 Å². The van der Waals surface area contributed by atoms with E-state index in [-0.39, 0.29) is 5.69 Å². The van der Waals surface area contributed by atoms with Crippen LogP contribution in [0, 0.1) is 10.1 Å². The highest BCUT2D eigenvalue weighted by Gasteiger charge is 2.04. The van der Waals surface area contributed by atoms with Crippen molar-refractivity contribution in [3.63, 3.8) is 0 Å². The van der Waals surface area contributed by atoms with Crippen molar-refractivity contribution < 1.29 is 9.66 Å². The highest BCUT2D eigenvalue weighted by atomic mass is 16.6. The minimum Gasteiger partial charge on any atom is -0.383 e. The third-order valence-corrected chi connectivity index (χ3v) is 2.44. The number of nitrogens with zero attached hydrogens (tertiary/aromatic N) is 3. The Morgan fingerprint density at radius 3 is 2.83 bits per heavy atom. The van der Waals surface area contributed by atoms with E-state index >= 15 is 0 Å². The normalized spacial score (nSPS) is 10.6. The highest BCUT2D eigenvalue weighted by molar-refractivity contribution is 5.39. The summed E-state index contributed by atoms with van der Waals surface area (Å²) in [6.45, 7) is 3.14. The molecule has 1 rings (SSSR count). The van der Waals surface area contributed by atoms with Crippen molar-refractivity contribution in [3.8, 4) is 0 Å². The topological polar surface area (TPSA) is 80.5 Å². The van der Waals surface area contributed by atoms with Crippen LogP contribution in [0.1, 0.15) is 0 Å². The van der Waals surface area contributed by atoms with Gasteiger partial charge in [-0.15, -0.1) is 0 Å². The maximum absolute atomic E-state index is 10.4. The van der Waals surface area contributed by atoms with E-state index in [1.807, 2.05) is 7.05 Å². The number of likely N-dealkylation sites (N-methyl/N-ethyl adjacent to an activating group) is 1. The summed E-state index contributed by atoms with van der Waals surface area (Å²) in [5.41, 5.74) is -0.00207. The third-order valence-electron chi connectivity index (χ3n) is 2.44. The molecular weight excluding hydrogens is 236 g/mol. The first-order valence-corrected chi connectivity index (χ1v) is 5.65. The number of hydrogen-bond donors (Lipinski definition) is 1. The summed E-state index contributed by atoms with van der Waals surface area (Å²) in [6.07, 6.45) is 1.25. The fourth-order valence-electron chi connectivity index (χ4n) is 1.33. The molecule has 0 radical (unpaired) electrons. The maximum Gasteiger partial charge on any atom is 0.287 e. The molecule has 18 heavy (non-hydrogen) atoms. The Kier molecular flexibility index (Phi) is 6.03. The minimum absolute atomic E-state index is 0.00207. The smallest absolute Gasteiger partial charge is 0.287 e. The lowest BCUT2D eigenvalue weighted by molar-refractivity contribution is -0.385. The van der Waals surface area contributed by atoms with E-state index < -0.39 is 4.92 Å². The summed E-state index contributed by atoms with van der Waals surface area (Å²) in [5, 5.41) is 13.5. The Morgan fingerprint density at radius 1 is 1.50 bits per heavy atom. The summed E-state index contributed by atoms with van der Waals surface area (Å²) < 4.78 is 4.97. The Balaban J connectivity index is 2.29. The van der Waals surface area contributed by atoms with Crippen molar-refractivity contribution in [2.45, 2.75) is 0 Å². The van der Waals surface area contributed by atoms with Gasteiger partial charge in [0.15, 0.2) is 0 Å². The second-order valence-corrected chi connectivity index (χ2v) is 3.88. The van der Waals surface area contributed by atoms with Gasteiger partial charge >= 0.3 is 0 Å². The Labute approximate surface area is 106 Å². The van der Waals surface area contributed by atoms with Gasteiger partial charge in [0, 0.05) is 32.8 Å². The number of aromatic nitrogens is 1. The average molecular weight is 254 g/mol. The van der Waals surface area contributed by atoms with E-state index in [2.05, 4.69) is 15.2 Å². The summed E-state index contributed by atoms with van der Waals surface area (Å²) in [5.74, 6) is 0.640. The second kappa shape index (κ2) is 7.57. The number of anilines is 1. The fourth-order valence-corrected chi connectivity index (χ4v) is 1.33. The molecule has 0 aromatic carbocycles. The van der Waals surface area contributed by atoms with Crippen LogP contribution in [0.25, 0.3) is 0 Å². The molecule has 0 aliphatic rings. The van der Waals surface area contributed by atoms with Gasteiger partial charge < -0.3 is 15.0 Å². The molecule has 0 saturated heterocycles. The molecule has 0 atom stereocenters. The van der Waals surface area contributed by atoms with E-state index in [0.717, 1.165) is 19.6 Å². The lowest BCUT2D eigenvalue weighted by atomic mass is 10.4. The molecule has 0 saturated carbocycles. The van der Waals surface area contributed by atoms with E-state index in [1.165, 1.54) is 12.3 Å². The van der Waals surface area contributed by atoms with E-state index in [0.29, 0.717) is 12.4 Å². The van der Waals surface area contributed by atoms with Crippen molar-refractivity contribution in [3.05, 3.63) is 28.4 Å². The molecule has 7 nitrogen and oxygen atoms in total. The maximum atomic E-state index is 10.4. The zero-order valence-corrected chi connectivity index (χ0v) is 10.6. The average Bonchev–Trinajstić information content (AvgIpc) is 2.37. The van der Waals surface area contributed by atoms with Crippen molar-refractivity contribution in [2.24, 2.45) is 0 Å². The molecule has 0 aliphatic carbocycles. The Morgan fingerprint density at radius 2 is 2.28 bits per heavy atom. The number of ether oxygens (including phenoxy) is 1. The predicted octanol–water partition coefficient (Wildman–Crippen LogP) is 0.980. The lowest BCUT2D eigenvalue weighted by Gasteiger charge is -2.16. The van der Waals surface area contributed by atoms with Crippen LogP contribution in [0.4, 0.5) is 11.5 Å². The number of nitro groups is 1. The highest BCUT2D eigenvalue weighted by Crippen LogP contribution is 2.11. The molecule has 0 spiro atoms. The molecule has 1 heterocycles. The van der Waals surface area contributed by atoms with Gasteiger partial charge in [-0.25, -0.2) is 4.98 Å². The Bertz CT molecular complexity index is 369. The standard InChI is InChI=1S/C11H18N4O3/c1-14(7-8-18-2)6-5-12-11-4-3-10(9-13-11)15(16)17/h3-4,9H,5-8H2,1-2H3,(H,12,13). The van der Waals surface area contributed by atoms with Crippen LogP contribution in [0.5, 0.6) is 0 Å². The van der Waals surface area contributed by atoms with Crippen LogP contribution >= 0.6 is 0 Å². The number of rotatable bonds is 8. The predicted molar refractivity (Wildman–Crippen MR) is 68.8 cm³/mol. The summed E-state index contributed by atoms with van der Waals surface area (Å²) >= 11 is 0. The van der Waals surface area contributed by atoms with Gasteiger partial charge in [0.1, 0.15) is 12.0 Å². The molecule has 7 heteroatoms. The fraction of sp³-hybridized carbons (Fsp3) is 0.545. The SMILES string of the molecule is COCCN(C)CCNc1ccc([N+](=O)[O-])cn1. The number of hydrogen-bond acceptors (Lipinski definition) is 6. The van der Waals surface area contributed by atoms with Crippen LogP contribution in [0.15, 0.2) is 18.3 Å². The summed E-state index contributed by atoms with van der Waals surface area (Å²) in [7, 11) is 3.68. The van der Waals surface area contributed by atoms with E-state index in [9.17, 15) is 10.1 Å².